The summed E-state index contributed by atoms with van der Waals surface area (Å²) in [4.78, 5) is 10.9. The second kappa shape index (κ2) is 5.34. The number of rotatable bonds is 4. The van der Waals surface area contributed by atoms with Crippen LogP contribution in [0, 0.1) is 4.91 Å². The van der Waals surface area contributed by atoms with Crippen LogP contribution in [0.5, 0.6) is 0 Å². The van der Waals surface area contributed by atoms with E-state index in [2.05, 4.69) is 15.9 Å². The van der Waals surface area contributed by atoms with Gasteiger partial charge >= 0.3 is 0 Å². The molecule has 2 rings (SSSR count). The van der Waals surface area contributed by atoms with Crippen LogP contribution in [0.3, 0.4) is 0 Å². The molecular formula is C14H18N4O. The molecule has 100 valence electrons. The topological polar surface area (TPSA) is 79.5 Å². The molecule has 0 bridgehead atoms. The third-order valence-electron chi connectivity index (χ3n) is 3.20. The number of dihydropyridines is 1. The summed E-state index contributed by atoms with van der Waals surface area (Å²) in [6, 6.07) is 7.82. The summed E-state index contributed by atoms with van der Waals surface area (Å²) in [5.74, 6) is 5.35. The first-order valence-corrected chi connectivity index (χ1v) is 6.13. The maximum atomic E-state index is 10.9. The Hall–Kier alpha value is -1.98. The van der Waals surface area contributed by atoms with E-state index in [0.717, 1.165) is 16.7 Å². The molecule has 0 spiro atoms. The molecule has 1 aliphatic heterocycles. The van der Waals surface area contributed by atoms with Crippen molar-refractivity contribution in [3.8, 4) is 0 Å². The molecule has 0 radical (unpaired) electrons. The van der Waals surface area contributed by atoms with Gasteiger partial charge in [-0.05, 0) is 42.7 Å². The third-order valence-corrected chi connectivity index (χ3v) is 3.20. The van der Waals surface area contributed by atoms with Crippen molar-refractivity contribution >= 4 is 5.57 Å². The number of nitrogens with zero attached hydrogens (tertiary/aromatic N) is 1. The van der Waals surface area contributed by atoms with Gasteiger partial charge in [0, 0.05) is 6.20 Å². The Morgan fingerprint density at radius 3 is 2.79 bits per heavy atom. The molecule has 1 aromatic rings. The molecule has 4 N–H and O–H groups in total. The number of hydrogen-bond acceptors (Lipinski definition) is 5. The van der Waals surface area contributed by atoms with E-state index < -0.39 is 5.54 Å². The summed E-state index contributed by atoms with van der Waals surface area (Å²) in [5.41, 5.74) is 4.87. The molecule has 0 fully saturated rings. The minimum atomic E-state index is -0.719. The van der Waals surface area contributed by atoms with Crippen LogP contribution in [-0.2, 0) is 5.54 Å². The molecular weight excluding hydrogens is 240 g/mol. The van der Waals surface area contributed by atoms with Gasteiger partial charge in [0.15, 0.2) is 0 Å². The van der Waals surface area contributed by atoms with Crippen molar-refractivity contribution in [3.05, 3.63) is 58.7 Å². The predicted octanol–water partition coefficient (Wildman–Crippen LogP) is 1.98. The van der Waals surface area contributed by atoms with Gasteiger partial charge in [0.25, 0.3) is 0 Å². The van der Waals surface area contributed by atoms with Gasteiger partial charge in [0.05, 0.1) is 0 Å². The average Bonchev–Trinajstić information content (AvgIpc) is 2.47. The summed E-state index contributed by atoms with van der Waals surface area (Å²) in [5, 5.41) is 6.29. The number of nitroso groups, excluding NO2 is 1. The molecule has 1 heterocycles. The first-order valence-electron chi connectivity index (χ1n) is 6.13. The molecule has 5 nitrogen and oxygen atoms in total. The minimum Gasteiger partial charge on any atom is -0.371 e. The van der Waals surface area contributed by atoms with E-state index in [1.807, 2.05) is 42.6 Å². The molecule has 0 saturated heterocycles. The van der Waals surface area contributed by atoms with Crippen LogP contribution >= 0.6 is 0 Å². The van der Waals surface area contributed by atoms with Crippen LogP contribution < -0.4 is 16.6 Å². The van der Waals surface area contributed by atoms with E-state index in [4.69, 9.17) is 5.84 Å². The van der Waals surface area contributed by atoms with E-state index >= 15 is 0 Å². The number of benzene rings is 1. The zero-order chi connectivity index (χ0) is 13.9. The van der Waals surface area contributed by atoms with Crippen molar-refractivity contribution in [1.82, 2.24) is 10.7 Å². The Kier molecular flexibility index (Phi) is 3.78. The lowest BCUT2D eigenvalue weighted by molar-refractivity contribution is 0.552. The van der Waals surface area contributed by atoms with Crippen molar-refractivity contribution < 1.29 is 0 Å². The molecule has 1 atom stereocenters. The standard InChI is InChI=1S/C14H18N4O/c1-14(2,18-19)12-5-3-4-10(8-12)11-6-7-13(17-15)16-9-11/h3-9,13,16-17H,15H2,1-2H3. The van der Waals surface area contributed by atoms with Gasteiger partial charge in [-0.15, -0.1) is 4.91 Å². The highest BCUT2D eigenvalue weighted by Crippen LogP contribution is 2.27. The summed E-state index contributed by atoms with van der Waals surface area (Å²) in [7, 11) is 0. The second-order valence-corrected chi connectivity index (χ2v) is 5.00. The Bertz CT molecular complexity index is 534. The molecule has 1 aromatic carbocycles. The van der Waals surface area contributed by atoms with Crippen LogP contribution in [0.1, 0.15) is 25.0 Å². The zero-order valence-electron chi connectivity index (χ0n) is 11.1. The van der Waals surface area contributed by atoms with Gasteiger partial charge in [-0.25, -0.2) is 5.43 Å². The van der Waals surface area contributed by atoms with E-state index in [1.54, 1.807) is 13.8 Å². The molecule has 0 aliphatic carbocycles. The van der Waals surface area contributed by atoms with Crippen molar-refractivity contribution in [1.29, 1.82) is 0 Å². The quantitative estimate of drug-likeness (QED) is 0.438. The van der Waals surface area contributed by atoms with Crippen LogP contribution in [0.4, 0.5) is 0 Å². The SMILES string of the molecule is CC(C)(N=O)c1cccc(C2=CNC(NN)C=C2)c1. The lowest BCUT2D eigenvalue weighted by atomic mass is 9.92. The monoisotopic (exact) mass is 258 g/mol. The first kappa shape index (κ1) is 13.5. The van der Waals surface area contributed by atoms with Crippen molar-refractivity contribution in [2.75, 3.05) is 0 Å². The Morgan fingerprint density at radius 1 is 1.42 bits per heavy atom. The highest BCUT2D eigenvalue weighted by molar-refractivity contribution is 5.75. The fourth-order valence-electron chi connectivity index (χ4n) is 1.90. The Balaban J connectivity index is 2.28. The molecule has 0 saturated carbocycles. The average molecular weight is 258 g/mol. The van der Waals surface area contributed by atoms with Gasteiger partial charge < -0.3 is 5.32 Å². The molecule has 0 aromatic heterocycles. The molecule has 19 heavy (non-hydrogen) atoms. The predicted molar refractivity (Wildman–Crippen MR) is 76.6 cm³/mol. The molecule has 1 aliphatic rings. The van der Waals surface area contributed by atoms with E-state index in [-0.39, 0.29) is 6.17 Å². The summed E-state index contributed by atoms with van der Waals surface area (Å²) in [6.07, 6.45) is 5.76. The van der Waals surface area contributed by atoms with Gasteiger partial charge in [-0.3, -0.25) is 5.84 Å². The van der Waals surface area contributed by atoms with E-state index in [1.165, 1.54) is 0 Å². The van der Waals surface area contributed by atoms with Crippen LogP contribution in [0.25, 0.3) is 5.57 Å². The maximum absolute atomic E-state index is 10.9. The lowest BCUT2D eigenvalue weighted by Gasteiger charge is -2.20. The third kappa shape index (κ3) is 2.89. The second-order valence-electron chi connectivity index (χ2n) is 5.00. The normalized spacial score (nSPS) is 18.7. The highest BCUT2D eigenvalue weighted by atomic mass is 16.3. The Labute approximate surface area is 112 Å². The number of nitrogens with two attached hydrogens (primary N) is 1. The molecule has 1 unspecified atom stereocenters. The summed E-state index contributed by atoms with van der Waals surface area (Å²) >= 11 is 0. The number of allylic oxidation sites excluding steroid dienone is 2. The zero-order valence-corrected chi connectivity index (χ0v) is 11.1. The molecule has 0 amide bonds. The molecule has 5 heteroatoms. The number of nitrogens with one attached hydrogen (secondary N) is 2. The van der Waals surface area contributed by atoms with Crippen LogP contribution in [0.2, 0.25) is 0 Å². The van der Waals surface area contributed by atoms with Gasteiger partial charge in [0.2, 0.25) is 0 Å². The lowest BCUT2D eigenvalue weighted by Crippen LogP contribution is -2.43. The first-order chi connectivity index (χ1) is 9.06. The van der Waals surface area contributed by atoms with E-state index in [0.29, 0.717) is 0 Å². The van der Waals surface area contributed by atoms with Crippen LogP contribution in [0.15, 0.2) is 47.8 Å². The maximum Gasteiger partial charge on any atom is 0.122 e. The van der Waals surface area contributed by atoms with Crippen molar-refractivity contribution in [2.24, 2.45) is 11.0 Å². The summed E-state index contributed by atoms with van der Waals surface area (Å²) in [6.45, 7) is 3.60. The van der Waals surface area contributed by atoms with Crippen molar-refractivity contribution in [2.45, 2.75) is 25.6 Å². The Morgan fingerprint density at radius 2 is 2.21 bits per heavy atom. The number of hydrogen-bond donors (Lipinski definition) is 3. The number of hydrazine groups is 1. The van der Waals surface area contributed by atoms with Gasteiger partial charge in [0.1, 0.15) is 11.7 Å². The van der Waals surface area contributed by atoms with Gasteiger partial charge in [-0.2, -0.15) is 0 Å². The van der Waals surface area contributed by atoms with Gasteiger partial charge in [-0.1, -0.05) is 29.5 Å². The fraction of sp³-hybridized carbons (Fsp3) is 0.286. The highest BCUT2D eigenvalue weighted by Gasteiger charge is 2.21. The van der Waals surface area contributed by atoms with Crippen molar-refractivity contribution in [3.63, 3.8) is 0 Å². The largest absolute Gasteiger partial charge is 0.371 e. The smallest absolute Gasteiger partial charge is 0.122 e. The minimum absolute atomic E-state index is 0.0555. The van der Waals surface area contributed by atoms with E-state index in [9.17, 15) is 4.91 Å². The summed E-state index contributed by atoms with van der Waals surface area (Å²) < 4.78 is 0. The van der Waals surface area contributed by atoms with Crippen LogP contribution in [-0.4, -0.2) is 6.17 Å². The fourth-order valence-corrected chi connectivity index (χ4v) is 1.90.